The number of alkyl halides is 3. The number of piperazine rings is 1. The number of nitrogens with zero attached hydrogens (tertiary/aromatic N) is 2. The summed E-state index contributed by atoms with van der Waals surface area (Å²) < 4.78 is 43.6. The minimum atomic E-state index is -4.33. The number of benzene rings is 1. The second-order valence-corrected chi connectivity index (χ2v) is 5.82. The molecule has 1 aliphatic heterocycles. The second kappa shape index (κ2) is 8.50. The van der Waals surface area contributed by atoms with E-state index in [2.05, 4.69) is 11.5 Å². The highest BCUT2D eigenvalue weighted by Gasteiger charge is 2.31. The largest absolute Gasteiger partial charge is 0.416 e. The molecule has 2 rings (SSSR count). The molecular formula is C17H23F3N2O2. The molecule has 1 aromatic rings. The van der Waals surface area contributed by atoms with Crippen molar-refractivity contribution in [1.29, 1.82) is 0 Å². The van der Waals surface area contributed by atoms with Crippen molar-refractivity contribution in [2.75, 3.05) is 50.8 Å². The summed E-state index contributed by atoms with van der Waals surface area (Å²) in [7, 11) is 0. The molecule has 0 bridgehead atoms. The average molecular weight is 344 g/mol. The van der Waals surface area contributed by atoms with Crippen LogP contribution in [0.4, 0.5) is 18.9 Å². The minimum absolute atomic E-state index is 0.250. The van der Waals surface area contributed by atoms with Gasteiger partial charge in [0.15, 0.2) is 0 Å². The lowest BCUT2D eigenvalue weighted by Crippen LogP contribution is -2.49. The van der Waals surface area contributed by atoms with Gasteiger partial charge in [-0.1, -0.05) is 12.1 Å². The maximum atomic E-state index is 12.8. The number of β-amino-alcohol motifs (C(OH)–C–C–N with tert-alkyl or cyclic N) is 1. The van der Waals surface area contributed by atoms with Gasteiger partial charge < -0.3 is 14.7 Å². The van der Waals surface area contributed by atoms with Gasteiger partial charge in [-0.05, 0) is 18.2 Å². The number of aliphatic hydroxyl groups is 1. The summed E-state index contributed by atoms with van der Waals surface area (Å²) in [5.74, 6) is 0. The smallest absolute Gasteiger partial charge is 0.389 e. The molecule has 1 aromatic carbocycles. The van der Waals surface area contributed by atoms with Crippen LogP contribution in [0.1, 0.15) is 5.56 Å². The number of ether oxygens (including phenoxy) is 1. The molecule has 1 heterocycles. The number of halogens is 3. The van der Waals surface area contributed by atoms with Crippen molar-refractivity contribution in [2.45, 2.75) is 12.3 Å². The number of anilines is 1. The van der Waals surface area contributed by atoms with Gasteiger partial charge in [-0.2, -0.15) is 13.2 Å². The van der Waals surface area contributed by atoms with Gasteiger partial charge in [-0.3, -0.25) is 4.90 Å². The Morgan fingerprint density at radius 1 is 1.25 bits per heavy atom. The van der Waals surface area contributed by atoms with Crippen molar-refractivity contribution in [3.63, 3.8) is 0 Å². The van der Waals surface area contributed by atoms with Crippen LogP contribution in [0.25, 0.3) is 0 Å². The Balaban J connectivity index is 1.83. The molecular weight excluding hydrogens is 321 g/mol. The molecule has 0 aliphatic carbocycles. The number of aliphatic hydroxyl groups excluding tert-OH is 1. The summed E-state index contributed by atoms with van der Waals surface area (Å²) in [5.41, 5.74) is -0.0449. The van der Waals surface area contributed by atoms with Crippen LogP contribution in [0.15, 0.2) is 36.9 Å². The molecule has 24 heavy (non-hydrogen) atoms. The van der Waals surface area contributed by atoms with Crippen molar-refractivity contribution in [2.24, 2.45) is 0 Å². The third-order valence-electron chi connectivity index (χ3n) is 3.93. The first-order chi connectivity index (χ1) is 11.4. The molecule has 0 aromatic heterocycles. The van der Waals surface area contributed by atoms with E-state index in [0.717, 1.165) is 6.07 Å². The van der Waals surface area contributed by atoms with Crippen LogP contribution < -0.4 is 4.90 Å². The van der Waals surface area contributed by atoms with Crippen molar-refractivity contribution in [1.82, 2.24) is 4.90 Å². The highest BCUT2D eigenvalue weighted by Crippen LogP contribution is 2.31. The van der Waals surface area contributed by atoms with Crippen LogP contribution in [0, 0.1) is 0 Å². The molecule has 1 saturated heterocycles. The van der Waals surface area contributed by atoms with Gasteiger partial charge in [0.2, 0.25) is 0 Å². The van der Waals surface area contributed by atoms with Crippen molar-refractivity contribution in [3.8, 4) is 0 Å². The number of rotatable bonds is 7. The quantitative estimate of drug-likeness (QED) is 0.609. The molecule has 0 saturated carbocycles. The van der Waals surface area contributed by atoms with Crippen molar-refractivity contribution >= 4 is 5.69 Å². The fourth-order valence-corrected chi connectivity index (χ4v) is 2.71. The van der Waals surface area contributed by atoms with Gasteiger partial charge in [0, 0.05) is 38.4 Å². The average Bonchev–Trinajstić information content (AvgIpc) is 2.55. The predicted molar refractivity (Wildman–Crippen MR) is 87.1 cm³/mol. The SMILES string of the molecule is C=CCOC[C@@H](O)CN1CCN(c2cccc(C(F)(F)F)c2)CC1. The molecule has 0 radical (unpaired) electrons. The van der Waals surface area contributed by atoms with E-state index in [1.165, 1.54) is 12.1 Å². The summed E-state index contributed by atoms with van der Waals surface area (Å²) in [6.07, 6.45) is -3.28. The lowest BCUT2D eigenvalue weighted by molar-refractivity contribution is -0.137. The zero-order chi connectivity index (χ0) is 17.6. The van der Waals surface area contributed by atoms with E-state index in [9.17, 15) is 18.3 Å². The van der Waals surface area contributed by atoms with Crippen LogP contribution >= 0.6 is 0 Å². The van der Waals surface area contributed by atoms with Gasteiger partial charge in [0.25, 0.3) is 0 Å². The van der Waals surface area contributed by atoms with Gasteiger partial charge >= 0.3 is 6.18 Å². The summed E-state index contributed by atoms with van der Waals surface area (Å²) in [6, 6.07) is 5.40. The summed E-state index contributed by atoms with van der Waals surface area (Å²) >= 11 is 0. The van der Waals surface area contributed by atoms with Crippen LogP contribution in [-0.2, 0) is 10.9 Å². The molecule has 0 spiro atoms. The van der Waals surface area contributed by atoms with Crippen molar-refractivity contribution < 1.29 is 23.0 Å². The first-order valence-electron chi connectivity index (χ1n) is 7.91. The van der Waals surface area contributed by atoms with E-state index >= 15 is 0 Å². The van der Waals surface area contributed by atoms with E-state index < -0.39 is 17.8 Å². The Kier molecular flexibility index (Phi) is 6.65. The maximum absolute atomic E-state index is 12.8. The van der Waals surface area contributed by atoms with Crippen LogP contribution in [0.2, 0.25) is 0 Å². The summed E-state index contributed by atoms with van der Waals surface area (Å²) in [5, 5.41) is 9.90. The normalized spacial score (nSPS) is 17.8. The molecule has 7 heteroatoms. The van der Waals surface area contributed by atoms with Crippen LogP contribution in [0.5, 0.6) is 0 Å². The monoisotopic (exact) mass is 344 g/mol. The zero-order valence-corrected chi connectivity index (χ0v) is 13.5. The molecule has 134 valence electrons. The highest BCUT2D eigenvalue weighted by atomic mass is 19.4. The summed E-state index contributed by atoms with van der Waals surface area (Å²) in [4.78, 5) is 4.03. The fraction of sp³-hybridized carbons (Fsp3) is 0.529. The number of hydrogen-bond donors (Lipinski definition) is 1. The Hall–Kier alpha value is -1.57. The Labute approximate surface area is 140 Å². The van der Waals surface area contributed by atoms with E-state index in [0.29, 0.717) is 45.0 Å². The van der Waals surface area contributed by atoms with E-state index in [1.807, 2.05) is 4.90 Å². The molecule has 0 amide bonds. The Bertz CT molecular complexity index is 529. The van der Waals surface area contributed by atoms with Crippen molar-refractivity contribution in [3.05, 3.63) is 42.5 Å². The highest BCUT2D eigenvalue weighted by molar-refractivity contribution is 5.49. The van der Waals surface area contributed by atoms with E-state index in [-0.39, 0.29) is 6.61 Å². The molecule has 1 atom stereocenters. The maximum Gasteiger partial charge on any atom is 0.416 e. The summed E-state index contributed by atoms with van der Waals surface area (Å²) in [6.45, 7) is 7.32. The second-order valence-electron chi connectivity index (χ2n) is 5.82. The fourth-order valence-electron chi connectivity index (χ4n) is 2.71. The van der Waals surface area contributed by atoms with Crippen LogP contribution in [0.3, 0.4) is 0 Å². The third kappa shape index (κ3) is 5.51. The standard InChI is InChI=1S/C17H23F3N2O2/c1-2-10-24-13-16(23)12-21-6-8-22(9-7-21)15-5-3-4-14(11-15)17(18,19)20/h2-5,11,16,23H,1,6-10,12-13H2/t16-/m0/s1. The lowest BCUT2D eigenvalue weighted by Gasteiger charge is -2.37. The molecule has 4 nitrogen and oxygen atoms in total. The first-order valence-corrected chi connectivity index (χ1v) is 7.91. The predicted octanol–water partition coefficient (Wildman–Crippen LogP) is 2.39. The Morgan fingerprint density at radius 2 is 1.96 bits per heavy atom. The van der Waals surface area contributed by atoms with E-state index in [1.54, 1.807) is 12.1 Å². The van der Waals surface area contributed by atoms with Gasteiger partial charge in [0.1, 0.15) is 0 Å². The van der Waals surface area contributed by atoms with Gasteiger partial charge in [-0.25, -0.2) is 0 Å². The van der Waals surface area contributed by atoms with Crippen LogP contribution in [-0.4, -0.2) is 62.0 Å². The first kappa shape index (κ1) is 18.8. The molecule has 0 unspecified atom stereocenters. The Morgan fingerprint density at radius 3 is 2.58 bits per heavy atom. The molecule has 1 N–H and O–H groups in total. The zero-order valence-electron chi connectivity index (χ0n) is 13.5. The lowest BCUT2D eigenvalue weighted by atomic mass is 10.1. The number of hydrogen-bond acceptors (Lipinski definition) is 4. The van der Waals surface area contributed by atoms with Gasteiger partial charge in [-0.15, -0.1) is 6.58 Å². The molecule has 1 fully saturated rings. The molecule has 1 aliphatic rings. The minimum Gasteiger partial charge on any atom is -0.389 e. The topological polar surface area (TPSA) is 35.9 Å². The third-order valence-corrected chi connectivity index (χ3v) is 3.93. The van der Waals surface area contributed by atoms with Gasteiger partial charge in [0.05, 0.1) is 24.9 Å². The van der Waals surface area contributed by atoms with E-state index in [4.69, 9.17) is 4.74 Å².